The molecule has 2 aliphatic rings. The number of carbonyl (C=O) groups is 1. The second-order valence-corrected chi connectivity index (χ2v) is 4.58. The third kappa shape index (κ3) is 1.70. The first-order valence-corrected chi connectivity index (χ1v) is 5.22. The molecule has 1 aliphatic heterocycles. The van der Waals surface area contributed by atoms with Gasteiger partial charge in [-0.05, 0) is 25.2 Å². The van der Waals surface area contributed by atoms with Gasteiger partial charge in [0.1, 0.15) is 0 Å². The number of amides is 1. The molecule has 0 aromatic heterocycles. The Bertz CT molecular complexity index is 217. The SMILES string of the molecule is CC1CCC(N2CC(N)CC2=O)C1. The fourth-order valence-electron chi connectivity index (χ4n) is 2.57. The van der Waals surface area contributed by atoms with Crippen molar-refractivity contribution in [1.29, 1.82) is 0 Å². The number of rotatable bonds is 1. The average molecular weight is 182 g/mol. The Balaban J connectivity index is 1.97. The molecule has 0 spiro atoms. The first-order valence-electron chi connectivity index (χ1n) is 5.22. The highest BCUT2D eigenvalue weighted by atomic mass is 16.2. The number of carbonyl (C=O) groups excluding carboxylic acids is 1. The van der Waals surface area contributed by atoms with Crippen LogP contribution >= 0.6 is 0 Å². The zero-order valence-electron chi connectivity index (χ0n) is 8.20. The van der Waals surface area contributed by atoms with Crippen LogP contribution in [-0.2, 0) is 4.79 Å². The molecule has 2 rings (SSSR count). The van der Waals surface area contributed by atoms with Gasteiger partial charge in [0, 0.05) is 25.0 Å². The van der Waals surface area contributed by atoms with Gasteiger partial charge >= 0.3 is 0 Å². The molecule has 1 heterocycles. The van der Waals surface area contributed by atoms with Crippen molar-refractivity contribution in [2.75, 3.05) is 6.54 Å². The first-order chi connectivity index (χ1) is 6.16. The Morgan fingerprint density at radius 2 is 2.23 bits per heavy atom. The zero-order chi connectivity index (χ0) is 9.42. The van der Waals surface area contributed by atoms with E-state index in [2.05, 4.69) is 6.92 Å². The number of hydrogen-bond donors (Lipinski definition) is 1. The lowest BCUT2D eigenvalue weighted by Gasteiger charge is -2.23. The van der Waals surface area contributed by atoms with Crippen LogP contribution < -0.4 is 5.73 Å². The predicted octanol–water partition coefficient (Wildman–Crippen LogP) is 0.735. The maximum atomic E-state index is 11.5. The Labute approximate surface area is 79.3 Å². The maximum Gasteiger partial charge on any atom is 0.224 e. The third-order valence-electron chi connectivity index (χ3n) is 3.30. The van der Waals surface area contributed by atoms with Crippen molar-refractivity contribution < 1.29 is 4.79 Å². The van der Waals surface area contributed by atoms with Gasteiger partial charge in [-0.1, -0.05) is 6.92 Å². The van der Waals surface area contributed by atoms with Crippen LogP contribution in [0.15, 0.2) is 0 Å². The summed E-state index contributed by atoms with van der Waals surface area (Å²) in [4.78, 5) is 13.5. The van der Waals surface area contributed by atoms with Crippen LogP contribution in [0.25, 0.3) is 0 Å². The highest BCUT2D eigenvalue weighted by molar-refractivity contribution is 5.79. The van der Waals surface area contributed by atoms with Crippen LogP contribution in [0.1, 0.15) is 32.6 Å². The summed E-state index contributed by atoms with van der Waals surface area (Å²) in [6, 6.07) is 0.583. The van der Waals surface area contributed by atoms with E-state index in [9.17, 15) is 4.79 Å². The summed E-state index contributed by atoms with van der Waals surface area (Å²) >= 11 is 0. The number of hydrogen-bond acceptors (Lipinski definition) is 2. The normalized spacial score (nSPS) is 40.3. The summed E-state index contributed by atoms with van der Waals surface area (Å²) in [5.41, 5.74) is 5.76. The highest BCUT2D eigenvalue weighted by Crippen LogP contribution is 2.30. The summed E-state index contributed by atoms with van der Waals surface area (Å²) < 4.78 is 0. The molecule has 3 nitrogen and oxygen atoms in total. The molecular weight excluding hydrogens is 164 g/mol. The molecule has 0 aromatic rings. The molecule has 74 valence electrons. The fraction of sp³-hybridized carbons (Fsp3) is 0.900. The fourth-order valence-corrected chi connectivity index (χ4v) is 2.57. The van der Waals surface area contributed by atoms with Crippen LogP contribution in [0.5, 0.6) is 0 Å². The summed E-state index contributed by atoms with van der Waals surface area (Å²) in [7, 11) is 0. The minimum Gasteiger partial charge on any atom is -0.338 e. The van der Waals surface area contributed by atoms with Crippen molar-refractivity contribution in [2.24, 2.45) is 11.7 Å². The highest BCUT2D eigenvalue weighted by Gasteiger charge is 2.35. The van der Waals surface area contributed by atoms with Crippen molar-refractivity contribution in [2.45, 2.75) is 44.7 Å². The molecule has 3 unspecified atom stereocenters. The summed E-state index contributed by atoms with van der Waals surface area (Å²) in [5.74, 6) is 1.06. The van der Waals surface area contributed by atoms with Crippen molar-refractivity contribution in [3.8, 4) is 0 Å². The van der Waals surface area contributed by atoms with Crippen LogP contribution in [-0.4, -0.2) is 29.4 Å². The molecule has 0 bridgehead atoms. The van der Waals surface area contributed by atoms with Gasteiger partial charge in [-0.3, -0.25) is 4.79 Å². The Morgan fingerprint density at radius 1 is 1.46 bits per heavy atom. The minimum absolute atomic E-state index is 0.0865. The zero-order valence-corrected chi connectivity index (χ0v) is 8.20. The number of likely N-dealkylation sites (tertiary alicyclic amines) is 1. The lowest BCUT2D eigenvalue weighted by atomic mass is 10.1. The van der Waals surface area contributed by atoms with Gasteiger partial charge in [-0.25, -0.2) is 0 Å². The smallest absolute Gasteiger partial charge is 0.224 e. The molecule has 1 saturated heterocycles. The summed E-state index contributed by atoms with van der Waals surface area (Å²) in [5, 5.41) is 0. The van der Waals surface area contributed by atoms with E-state index in [4.69, 9.17) is 5.73 Å². The van der Waals surface area contributed by atoms with Crippen molar-refractivity contribution in [3.63, 3.8) is 0 Å². The molecule has 2 N–H and O–H groups in total. The lowest BCUT2D eigenvalue weighted by Crippen LogP contribution is -2.36. The van der Waals surface area contributed by atoms with Gasteiger partial charge in [0.2, 0.25) is 5.91 Å². The van der Waals surface area contributed by atoms with E-state index < -0.39 is 0 Å². The van der Waals surface area contributed by atoms with E-state index >= 15 is 0 Å². The first kappa shape index (κ1) is 9.00. The Hall–Kier alpha value is -0.570. The van der Waals surface area contributed by atoms with Gasteiger partial charge in [0.15, 0.2) is 0 Å². The quantitative estimate of drug-likeness (QED) is 0.650. The second-order valence-electron chi connectivity index (χ2n) is 4.58. The van der Waals surface area contributed by atoms with E-state index in [-0.39, 0.29) is 11.9 Å². The lowest BCUT2D eigenvalue weighted by molar-refractivity contribution is -0.129. The van der Waals surface area contributed by atoms with Gasteiger partial charge < -0.3 is 10.6 Å². The van der Waals surface area contributed by atoms with E-state index in [1.54, 1.807) is 0 Å². The standard InChI is InChI=1S/C10H18N2O/c1-7-2-3-9(4-7)12-6-8(11)5-10(12)13/h7-9H,2-6,11H2,1H3. The van der Waals surface area contributed by atoms with E-state index in [0.29, 0.717) is 12.5 Å². The van der Waals surface area contributed by atoms with Crippen molar-refractivity contribution >= 4 is 5.91 Å². The molecule has 0 aromatic carbocycles. The maximum absolute atomic E-state index is 11.5. The van der Waals surface area contributed by atoms with Gasteiger partial charge in [-0.2, -0.15) is 0 Å². The third-order valence-corrected chi connectivity index (χ3v) is 3.30. The molecule has 3 atom stereocenters. The van der Waals surface area contributed by atoms with Crippen LogP contribution in [0.3, 0.4) is 0 Å². The van der Waals surface area contributed by atoms with E-state index in [1.165, 1.54) is 19.3 Å². The molecule has 1 saturated carbocycles. The second kappa shape index (κ2) is 3.29. The van der Waals surface area contributed by atoms with Crippen molar-refractivity contribution in [3.05, 3.63) is 0 Å². The Morgan fingerprint density at radius 3 is 2.69 bits per heavy atom. The molecule has 3 heteroatoms. The molecule has 0 radical (unpaired) electrons. The molecular formula is C10H18N2O. The number of nitrogens with two attached hydrogens (primary N) is 1. The van der Waals surface area contributed by atoms with Crippen molar-refractivity contribution in [1.82, 2.24) is 4.90 Å². The van der Waals surface area contributed by atoms with Gasteiger partial charge in [0.25, 0.3) is 0 Å². The van der Waals surface area contributed by atoms with Crippen LogP contribution in [0.4, 0.5) is 0 Å². The van der Waals surface area contributed by atoms with Gasteiger partial charge in [0.05, 0.1) is 0 Å². The summed E-state index contributed by atoms with van der Waals surface area (Å²) in [6.45, 7) is 3.05. The largest absolute Gasteiger partial charge is 0.338 e. The van der Waals surface area contributed by atoms with Gasteiger partial charge in [-0.15, -0.1) is 0 Å². The molecule has 1 amide bonds. The number of nitrogens with zero attached hydrogens (tertiary/aromatic N) is 1. The average Bonchev–Trinajstić information content (AvgIpc) is 2.58. The van der Waals surface area contributed by atoms with Crippen LogP contribution in [0, 0.1) is 5.92 Å². The Kier molecular flexibility index (Phi) is 2.28. The van der Waals surface area contributed by atoms with E-state index in [1.807, 2.05) is 4.90 Å². The van der Waals surface area contributed by atoms with Crippen LogP contribution in [0.2, 0.25) is 0 Å². The molecule has 13 heavy (non-hydrogen) atoms. The topological polar surface area (TPSA) is 46.3 Å². The summed E-state index contributed by atoms with van der Waals surface area (Å²) in [6.07, 6.45) is 4.19. The monoisotopic (exact) mass is 182 g/mol. The van der Waals surface area contributed by atoms with E-state index in [0.717, 1.165) is 12.5 Å². The minimum atomic E-state index is 0.0865. The predicted molar refractivity (Wildman–Crippen MR) is 51.1 cm³/mol. The molecule has 1 aliphatic carbocycles. The molecule has 2 fully saturated rings.